The maximum absolute atomic E-state index is 10.8. The summed E-state index contributed by atoms with van der Waals surface area (Å²) in [6, 6.07) is 6.28. The highest BCUT2D eigenvalue weighted by Crippen LogP contribution is 2.12. The van der Waals surface area contributed by atoms with E-state index in [9.17, 15) is 13.2 Å². The smallest absolute Gasteiger partial charge is 0.335 e. The molecule has 0 saturated carbocycles. The SMILES string of the molecule is CS(=O)(=O)SCCNc1ccc(C(=O)O)cc1. The lowest BCUT2D eigenvalue weighted by atomic mass is 10.2. The third kappa shape index (κ3) is 5.60. The van der Waals surface area contributed by atoms with Crippen molar-refractivity contribution in [3.05, 3.63) is 29.8 Å². The summed E-state index contributed by atoms with van der Waals surface area (Å²) in [4.78, 5) is 10.6. The van der Waals surface area contributed by atoms with Crippen molar-refractivity contribution in [2.24, 2.45) is 0 Å². The molecule has 0 saturated heterocycles. The molecular weight excluding hydrogens is 262 g/mol. The second-order valence-electron chi connectivity index (χ2n) is 3.34. The van der Waals surface area contributed by atoms with E-state index in [1.165, 1.54) is 18.4 Å². The van der Waals surface area contributed by atoms with E-state index in [0.29, 0.717) is 12.3 Å². The van der Waals surface area contributed by atoms with Crippen molar-refractivity contribution in [3.63, 3.8) is 0 Å². The van der Waals surface area contributed by atoms with Crippen LogP contribution in [0.2, 0.25) is 0 Å². The summed E-state index contributed by atoms with van der Waals surface area (Å²) >= 11 is 0. The van der Waals surface area contributed by atoms with E-state index in [1.54, 1.807) is 12.1 Å². The van der Waals surface area contributed by atoms with Crippen LogP contribution in [0.5, 0.6) is 0 Å². The first-order valence-corrected chi connectivity index (χ1v) is 8.19. The maximum atomic E-state index is 10.8. The Morgan fingerprint density at radius 3 is 2.41 bits per heavy atom. The number of hydrogen-bond donors (Lipinski definition) is 2. The van der Waals surface area contributed by atoms with Crippen LogP contribution >= 0.6 is 10.8 Å². The second-order valence-corrected chi connectivity index (χ2v) is 7.91. The van der Waals surface area contributed by atoms with Gasteiger partial charge in [-0.05, 0) is 35.1 Å². The van der Waals surface area contributed by atoms with E-state index in [-0.39, 0.29) is 5.56 Å². The Kier molecular flexibility index (Phi) is 4.83. The predicted octanol–water partition coefficient (Wildman–Crippen LogP) is 1.49. The molecule has 0 fully saturated rings. The van der Waals surface area contributed by atoms with Crippen LogP contribution < -0.4 is 5.32 Å². The van der Waals surface area contributed by atoms with E-state index in [0.717, 1.165) is 16.5 Å². The van der Waals surface area contributed by atoms with E-state index in [1.807, 2.05) is 0 Å². The monoisotopic (exact) mass is 275 g/mol. The average Bonchev–Trinajstić information content (AvgIpc) is 2.24. The largest absolute Gasteiger partial charge is 0.478 e. The van der Waals surface area contributed by atoms with Gasteiger partial charge in [-0.1, -0.05) is 0 Å². The van der Waals surface area contributed by atoms with Crippen LogP contribution in [0.4, 0.5) is 5.69 Å². The topological polar surface area (TPSA) is 83.5 Å². The summed E-state index contributed by atoms with van der Waals surface area (Å²) in [5.41, 5.74) is 0.991. The van der Waals surface area contributed by atoms with Gasteiger partial charge in [-0.15, -0.1) is 0 Å². The number of benzene rings is 1. The fourth-order valence-electron chi connectivity index (χ4n) is 1.12. The summed E-state index contributed by atoms with van der Waals surface area (Å²) in [5, 5.41) is 11.7. The van der Waals surface area contributed by atoms with Crippen molar-refractivity contribution in [1.29, 1.82) is 0 Å². The summed E-state index contributed by atoms with van der Waals surface area (Å²) in [5.74, 6) is -0.524. The highest BCUT2D eigenvalue weighted by molar-refractivity contribution is 8.71. The minimum Gasteiger partial charge on any atom is -0.478 e. The van der Waals surface area contributed by atoms with Gasteiger partial charge in [-0.3, -0.25) is 0 Å². The van der Waals surface area contributed by atoms with Crippen LogP contribution in [0, 0.1) is 0 Å². The van der Waals surface area contributed by atoms with Gasteiger partial charge in [0.05, 0.1) is 5.56 Å². The predicted molar refractivity (Wildman–Crippen MR) is 69.2 cm³/mol. The fourth-order valence-corrected chi connectivity index (χ4v) is 2.77. The number of carboxylic acid groups (broad SMARTS) is 1. The molecule has 1 aromatic rings. The maximum Gasteiger partial charge on any atom is 0.335 e. The van der Waals surface area contributed by atoms with Gasteiger partial charge >= 0.3 is 5.97 Å². The lowest BCUT2D eigenvalue weighted by Crippen LogP contribution is -2.06. The molecule has 0 aliphatic carbocycles. The lowest BCUT2D eigenvalue weighted by Gasteiger charge is -2.05. The number of anilines is 1. The molecule has 0 radical (unpaired) electrons. The summed E-state index contributed by atoms with van der Waals surface area (Å²) in [6.07, 6.45) is 1.17. The number of nitrogens with one attached hydrogen (secondary N) is 1. The zero-order valence-corrected chi connectivity index (χ0v) is 10.8. The molecule has 0 spiro atoms. The Labute approximate surface area is 104 Å². The Morgan fingerprint density at radius 2 is 1.94 bits per heavy atom. The van der Waals surface area contributed by atoms with Crippen LogP contribution in [0.25, 0.3) is 0 Å². The second kappa shape index (κ2) is 5.92. The first kappa shape index (κ1) is 13.9. The van der Waals surface area contributed by atoms with Crippen molar-refractivity contribution in [1.82, 2.24) is 0 Å². The number of carbonyl (C=O) groups is 1. The van der Waals surface area contributed by atoms with Gasteiger partial charge in [0.25, 0.3) is 0 Å². The molecule has 0 aliphatic heterocycles. The third-order valence-electron chi connectivity index (χ3n) is 1.86. The molecule has 94 valence electrons. The van der Waals surface area contributed by atoms with Crippen LogP contribution in [0.15, 0.2) is 24.3 Å². The normalized spacial score (nSPS) is 11.1. The van der Waals surface area contributed by atoms with E-state index < -0.39 is 14.8 Å². The Hall–Kier alpha value is -1.21. The van der Waals surface area contributed by atoms with Crippen molar-refractivity contribution in [2.45, 2.75) is 0 Å². The van der Waals surface area contributed by atoms with Crippen LogP contribution in [0.1, 0.15) is 10.4 Å². The Balaban J connectivity index is 2.40. The minimum atomic E-state index is -3.00. The van der Waals surface area contributed by atoms with Crippen LogP contribution in [-0.2, 0) is 8.87 Å². The highest BCUT2D eigenvalue weighted by atomic mass is 33.1. The quantitative estimate of drug-likeness (QED) is 0.604. The molecule has 0 aromatic heterocycles. The average molecular weight is 275 g/mol. The van der Waals surface area contributed by atoms with Gasteiger partial charge in [0, 0.05) is 24.2 Å². The summed E-state index contributed by atoms with van der Waals surface area (Å²) in [6.45, 7) is 0.504. The molecular formula is C10H13NO4S2. The number of rotatable bonds is 6. The Morgan fingerprint density at radius 1 is 1.35 bits per heavy atom. The molecule has 0 bridgehead atoms. The molecule has 0 aliphatic rings. The standard InChI is InChI=1S/C10H13NO4S2/c1-17(14,15)16-7-6-11-9-4-2-8(3-5-9)10(12)13/h2-5,11H,6-7H2,1H3,(H,12,13). The van der Waals surface area contributed by atoms with Gasteiger partial charge in [-0.25, -0.2) is 13.2 Å². The zero-order chi connectivity index (χ0) is 12.9. The number of hydrogen-bond acceptors (Lipinski definition) is 5. The molecule has 5 nitrogen and oxygen atoms in total. The summed E-state index contributed by atoms with van der Waals surface area (Å²) in [7, 11) is -2.12. The third-order valence-corrected chi connectivity index (χ3v) is 4.44. The van der Waals surface area contributed by atoms with Gasteiger partial charge in [0.2, 0.25) is 0 Å². The molecule has 7 heteroatoms. The fraction of sp³-hybridized carbons (Fsp3) is 0.300. The number of carboxylic acids is 1. The van der Waals surface area contributed by atoms with Gasteiger partial charge < -0.3 is 10.4 Å². The first-order chi connectivity index (χ1) is 7.88. The molecule has 0 unspecified atom stereocenters. The first-order valence-electron chi connectivity index (χ1n) is 4.80. The molecule has 0 heterocycles. The van der Waals surface area contributed by atoms with Crippen LogP contribution in [0.3, 0.4) is 0 Å². The highest BCUT2D eigenvalue weighted by Gasteiger charge is 2.03. The zero-order valence-electron chi connectivity index (χ0n) is 9.21. The molecule has 1 rings (SSSR count). The lowest BCUT2D eigenvalue weighted by molar-refractivity contribution is 0.0697. The van der Waals surface area contributed by atoms with E-state index in [4.69, 9.17) is 5.11 Å². The van der Waals surface area contributed by atoms with Crippen molar-refractivity contribution >= 4 is 31.3 Å². The Bertz CT molecular complexity index is 482. The molecule has 17 heavy (non-hydrogen) atoms. The van der Waals surface area contributed by atoms with Gasteiger partial charge in [-0.2, -0.15) is 0 Å². The van der Waals surface area contributed by atoms with E-state index in [2.05, 4.69) is 5.32 Å². The van der Waals surface area contributed by atoms with Gasteiger partial charge in [0.15, 0.2) is 8.87 Å². The van der Waals surface area contributed by atoms with Crippen LogP contribution in [-0.4, -0.2) is 38.0 Å². The molecule has 0 amide bonds. The molecule has 0 atom stereocenters. The number of aromatic carboxylic acids is 1. The van der Waals surface area contributed by atoms with Crippen molar-refractivity contribution in [3.8, 4) is 0 Å². The van der Waals surface area contributed by atoms with E-state index >= 15 is 0 Å². The van der Waals surface area contributed by atoms with Gasteiger partial charge in [0.1, 0.15) is 0 Å². The molecule has 1 aromatic carbocycles. The molecule has 2 N–H and O–H groups in total. The minimum absolute atomic E-state index is 0.223. The van der Waals surface area contributed by atoms with Crippen molar-refractivity contribution < 1.29 is 18.3 Å². The summed E-state index contributed by atoms with van der Waals surface area (Å²) < 4.78 is 21.7. The van der Waals surface area contributed by atoms with Crippen molar-refractivity contribution in [2.75, 3.05) is 23.9 Å².